The molecule has 0 bridgehead atoms. The summed E-state index contributed by atoms with van der Waals surface area (Å²) in [5.41, 5.74) is 1.35. The molecule has 0 spiro atoms. The van der Waals surface area contributed by atoms with Gasteiger partial charge in [0.1, 0.15) is 5.69 Å². The highest BCUT2D eigenvalue weighted by atomic mass is 32.1. The SMILES string of the molecule is COc1cc(-c2cnn3c2C(=O)N(c2ccc(C(F)(F)F)cc2)C[C@@H]3C)ccn1.S. The van der Waals surface area contributed by atoms with Gasteiger partial charge in [0.25, 0.3) is 5.91 Å². The van der Waals surface area contributed by atoms with Crippen LogP contribution in [0.1, 0.15) is 29.0 Å². The molecule has 6 nitrogen and oxygen atoms in total. The van der Waals surface area contributed by atoms with Crippen LogP contribution in [-0.2, 0) is 6.18 Å². The predicted molar refractivity (Wildman–Crippen MR) is 110 cm³/mol. The van der Waals surface area contributed by atoms with Crippen LogP contribution in [0.3, 0.4) is 0 Å². The van der Waals surface area contributed by atoms with Crippen molar-refractivity contribution in [2.75, 3.05) is 18.6 Å². The molecular formula is C20H19F3N4O2S. The van der Waals surface area contributed by atoms with Gasteiger partial charge in [-0.3, -0.25) is 9.48 Å². The molecule has 0 fully saturated rings. The van der Waals surface area contributed by atoms with Crippen molar-refractivity contribution in [3.8, 4) is 17.0 Å². The molecule has 0 N–H and O–H groups in total. The molecule has 0 saturated heterocycles. The van der Waals surface area contributed by atoms with E-state index in [9.17, 15) is 18.0 Å². The first-order valence-electron chi connectivity index (χ1n) is 8.86. The van der Waals surface area contributed by atoms with E-state index in [-0.39, 0.29) is 25.4 Å². The van der Waals surface area contributed by atoms with Gasteiger partial charge in [0.15, 0.2) is 0 Å². The zero-order chi connectivity index (χ0) is 20.8. The second-order valence-corrected chi connectivity index (χ2v) is 6.75. The van der Waals surface area contributed by atoms with E-state index in [4.69, 9.17) is 4.74 Å². The average Bonchev–Trinajstić information content (AvgIpc) is 3.16. The molecule has 2 aromatic heterocycles. The third kappa shape index (κ3) is 3.74. The molecular weight excluding hydrogens is 417 g/mol. The number of hydrogen-bond donors (Lipinski definition) is 0. The Balaban J connectivity index is 0.00000256. The number of benzene rings is 1. The van der Waals surface area contributed by atoms with Crippen LogP contribution in [0.25, 0.3) is 11.1 Å². The predicted octanol–water partition coefficient (Wildman–Crippen LogP) is 4.31. The fraction of sp³-hybridized carbons (Fsp3) is 0.250. The van der Waals surface area contributed by atoms with Gasteiger partial charge in [0, 0.05) is 30.1 Å². The highest BCUT2D eigenvalue weighted by Crippen LogP contribution is 2.35. The first-order valence-corrected chi connectivity index (χ1v) is 8.86. The fourth-order valence-corrected chi connectivity index (χ4v) is 3.41. The molecule has 1 amide bonds. The Labute approximate surface area is 177 Å². The molecule has 1 aromatic carbocycles. The van der Waals surface area contributed by atoms with Crippen molar-refractivity contribution in [2.24, 2.45) is 0 Å². The maximum absolute atomic E-state index is 13.3. The highest BCUT2D eigenvalue weighted by Gasteiger charge is 2.35. The lowest BCUT2D eigenvalue weighted by molar-refractivity contribution is -0.137. The Hall–Kier alpha value is -3.01. The molecule has 0 saturated carbocycles. The molecule has 158 valence electrons. The Kier molecular flexibility index (Phi) is 5.80. The normalized spacial score (nSPS) is 16.1. The summed E-state index contributed by atoms with van der Waals surface area (Å²) in [6.45, 7) is 2.20. The summed E-state index contributed by atoms with van der Waals surface area (Å²) in [6.07, 6.45) is -1.25. The zero-order valence-electron chi connectivity index (χ0n) is 16.1. The Morgan fingerprint density at radius 1 is 1.17 bits per heavy atom. The largest absolute Gasteiger partial charge is 0.481 e. The number of fused-ring (bicyclic) bond motifs is 1. The maximum atomic E-state index is 13.3. The van der Waals surface area contributed by atoms with Gasteiger partial charge >= 0.3 is 6.18 Å². The summed E-state index contributed by atoms with van der Waals surface area (Å²) >= 11 is 0. The number of rotatable bonds is 3. The first kappa shape index (κ1) is 21.7. The number of pyridine rings is 1. The average molecular weight is 436 g/mol. The van der Waals surface area contributed by atoms with Crippen molar-refractivity contribution in [3.05, 3.63) is 60.0 Å². The monoisotopic (exact) mass is 436 g/mol. The molecule has 3 heterocycles. The van der Waals surface area contributed by atoms with E-state index in [0.29, 0.717) is 34.9 Å². The molecule has 0 aliphatic carbocycles. The second kappa shape index (κ2) is 8.02. The molecule has 1 aliphatic rings. The van der Waals surface area contributed by atoms with Crippen molar-refractivity contribution in [3.63, 3.8) is 0 Å². The van der Waals surface area contributed by atoms with E-state index in [2.05, 4.69) is 10.1 Å². The Bertz CT molecular complexity index is 1070. The minimum Gasteiger partial charge on any atom is -0.481 e. The minimum absolute atomic E-state index is 0. The number of methoxy groups -OCH3 is 1. The number of amides is 1. The number of nitrogens with zero attached hydrogens (tertiary/aromatic N) is 4. The topological polar surface area (TPSA) is 60.3 Å². The van der Waals surface area contributed by atoms with Crippen molar-refractivity contribution in [2.45, 2.75) is 19.1 Å². The van der Waals surface area contributed by atoms with Gasteiger partial charge in [0.2, 0.25) is 5.88 Å². The third-order valence-corrected chi connectivity index (χ3v) is 4.87. The first-order chi connectivity index (χ1) is 13.8. The summed E-state index contributed by atoms with van der Waals surface area (Å²) in [6, 6.07) is 7.88. The van der Waals surface area contributed by atoms with E-state index in [1.807, 2.05) is 6.92 Å². The number of anilines is 1. The van der Waals surface area contributed by atoms with Crippen molar-refractivity contribution >= 4 is 25.1 Å². The summed E-state index contributed by atoms with van der Waals surface area (Å²) in [7, 11) is 1.50. The number of aromatic nitrogens is 3. The molecule has 1 atom stereocenters. The fourth-order valence-electron chi connectivity index (χ4n) is 3.41. The number of hydrogen-bond acceptors (Lipinski definition) is 4. The smallest absolute Gasteiger partial charge is 0.416 e. The second-order valence-electron chi connectivity index (χ2n) is 6.75. The van der Waals surface area contributed by atoms with Crippen molar-refractivity contribution in [1.29, 1.82) is 0 Å². The van der Waals surface area contributed by atoms with Crippen LogP contribution in [0.2, 0.25) is 0 Å². The Morgan fingerprint density at radius 2 is 1.87 bits per heavy atom. The van der Waals surface area contributed by atoms with Gasteiger partial charge < -0.3 is 9.64 Å². The van der Waals surface area contributed by atoms with Crippen LogP contribution in [0.15, 0.2) is 48.8 Å². The summed E-state index contributed by atoms with van der Waals surface area (Å²) in [5.74, 6) is 0.0736. The molecule has 3 aromatic rings. The van der Waals surface area contributed by atoms with Crippen LogP contribution in [0.5, 0.6) is 5.88 Å². The minimum atomic E-state index is -4.43. The van der Waals surface area contributed by atoms with Gasteiger partial charge in [-0.05, 0) is 42.8 Å². The molecule has 0 radical (unpaired) electrons. The summed E-state index contributed by atoms with van der Waals surface area (Å²) in [4.78, 5) is 18.8. The van der Waals surface area contributed by atoms with Crippen LogP contribution < -0.4 is 9.64 Å². The van der Waals surface area contributed by atoms with Gasteiger partial charge in [-0.15, -0.1) is 0 Å². The third-order valence-electron chi connectivity index (χ3n) is 4.87. The van der Waals surface area contributed by atoms with Crippen LogP contribution in [-0.4, -0.2) is 34.3 Å². The molecule has 1 aliphatic heterocycles. The van der Waals surface area contributed by atoms with E-state index >= 15 is 0 Å². The quantitative estimate of drug-likeness (QED) is 0.614. The van der Waals surface area contributed by atoms with E-state index in [1.54, 1.807) is 29.2 Å². The van der Waals surface area contributed by atoms with Crippen LogP contribution >= 0.6 is 13.5 Å². The highest BCUT2D eigenvalue weighted by molar-refractivity contribution is 7.59. The Morgan fingerprint density at radius 3 is 2.50 bits per heavy atom. The van der Waals surface area contributed by atoms with E-state index in [1.165, 1.54) is 24.1 Å². The summed E-state index contributed by atoms with van der Waals surface area (Å²) < 4.78 is 45.3. The standard InChI is InChI=1S/C20H17F3N4O2.H2S/c1-12-11-26(15-5-3-14(4-6-15)20(21,22)23)19(28)18-16(10-25-27(12)18)13-7-8-24-17(9-13)29-2;/h3-10,12H,11H2,1-2H3;1H2/t12-;/m0./s1. The van der Waals surface area contributed by atoms with E-state index < -0.39 is 11.7 Å². The number of carbonyl (C=O) groups is 1. The van der Waals surface area contributed by atoms with Gasteiger partial charge in [-0.25, -0.2) is 4.98 Å². The van der Waals surface area contributed by atoms with Gasteiger partial charge in [-0.1, -0.05) is 0 Å². The van der Waals surface area contributed by atoms with Crippen molar-refractivity contribution in [1.82, 2.24) is 14.8 Å². The molecule has 10 heteroatoms. The van der Waals surface area contributed by atoms with Crippen LogP contribution in [0.4, 0.5) is 18.9 Å². The number of ether oxygens (including phenoxy) is 1. The van der Waals surface area contributed by atoms with Crippen molar-refractivity contribution < 1.29 is 22.7 Å². The zero-order valence-corrected chi connectivity index (χ0v) is 17.1. The number of carbonyl (C=O) groups excluding carboxylic acids is 1. The van der Waals surface area contributed by atoms with Gasteiger partial charge in [-0.2, -0.15) is 31.8 Å². The lowest BCUT2D eigenvalue weighted by atomic mass is 10.0. The van der Waals surface area contributed by atoms with Crippen LogP contribution in [0, 0.1) is 0 Å². The summed E-state index contributed by atoms with van der Waals surface area (Å²) in [5, 5.41) is 4.35. The molecule has 0 unspecified atom stereocenters. The number of alkyl halides is 3. The van der Waals surface area contributed by atoms with Gasteiger partial charge in [0.05, 0.1) is 24.9 Å². The number of halogens is 3. The maximum Gasteiger partial charge on any atom is 0.416 e. The van der Waals surface area contributed by atoms with E-state index in [0.717, 1.165) is 12.1 Å². The lowest BCUT2D eigenvalue weighted by Crippen LogP contribution is -2.42. The lowest BCUT2D eigenvalue weighted by Gasteiger charge is -2.32. The molecule has 4 rings (SSSR count). The molecule has 30 heavy (non-hydrogen) atoms.